The van der Waals surface area contributed by atoms with E-state index >= 15 is 0 Å². The number of nitrogens with zero attached hydrogens (tertiary/aromatic N) is 2. The van der Waals surface area contributed by atoms with Crippen LogP contribution in [0.15, 0.2) is 0 Å². The van der Waals surface area contributed by atoms with E-state index in [0.29, 0.717) is 0 Å². The van der Waals surface area contributed by atoms with Crippen molar-refractivity contribution in [3.63, 3.8) is 0 Å². The van der Waals surface area contributed by atoms with Gasteiger partial charge in [0.25, 0.3) is 0 Å². The highest BCUT2D eigenvalue weighted by Crippen LogP contribution is 2.10. The third kappa shape index (κ3) is 1.33. The summed E-state index contributed by atoms with van der Waals surface area (Å²) in [5, 5.41) is 8.46. The van der Waals surface area contributed by atoms with E-state index in [-0.39, 0.29) is 6.17 Å². The molecule has 0 aromatic heterocycles. The molecule has 0 aromatic rings. The molecule has 1 aliphatic heterocycles. The van der Waals surface area contributed by atoms with Crippen LogP contribution in [-0.2, 0) is 0 Å². The molecule has 0 spiro atoms. The second-order valence-corrected chi connectivity index (χ2v) is 2.36. The lowest BCUT2D eigenvalue weighted by molar-refractivity contribution is 0.229. The molecule has 3 nitrogen and oxygen atoms in total. The number of rotatable bonds is 0. The molecule has 0 bridgehead atoms. The summed E-state index contributed by atoms with van der Waals surface area (Å²) in [5.74, 6) is 0. The minimum absolute atomic E-state index is 0.0104. The zero-order chi connectivity index (χ0) is 6.69. The Labute approximate surface area is 55.1 Å². The Morgan fingerprint density at radius 1 is 1.56 bits per heavy atom. The summed E-state index contributed by atoms with van der Waals surface area (Å²) in [6.07, 6.45) is 5.30. The fraction of sp³-hybridized carbons (Fsp3) is 0.833. The first-order valence-electron chi connectivity index (χ1n) is 3.26. The first-order chi connectivity index (χ1) is 4.34. The molecule has 2 N–H and O–H groups in total. The highest BCUT2D eigenvalue weighted by Gasteiger charge is 2.15. The fourth-order valence-electron chi connectivity index (χ4n) is 1.08. The number of likely N-dealkylation sites (tertiary alicyclic amines) is 1. The Kier molecular flexibility index (Phi) is 1.91. The van der Waals surface area contributed by atoms with Crippen molar-refractivity contribution >= 4 is 0 Å². The largest absolute Gasteiger partial charge is 0.311 e. The molecule has 1 heterocycles. The van der Waals surface area contributed by atoms with Gasteiger partial charge in [0.15, 0.2) is 6.19 Å². The summed E-state index contributed by atoms with van der Waals surface area (Å²) in [4.78, 5) is 1.64. The number of nitriles is 1. The van der Waals surface area contributed by atoms with Gasteiger partial charge in [0.05, 0.1) is 6.17 Å². The molecule has 1 atom stereocenters. The fourth-order valence-corrected chi connectivity index (χ4v) is 1.08. The van der Waals surface area contributed by atoms with Crippen molar-refractivity contribution < 1.29 is 0 Å². The Morgan fingerprint density at radius 3 is 2.78 bits per heavy atom. The van der Waals surface area contributed by atoms with Crippen molar-refractivity contribution in [2.75, 3.05) is 6.54 Å². The first-order valence-corrected chi connectivity index (χ1v) is 3.26. The van der Waals surface area contributed by atoms with Gasteiger partial charge in [0.1, 0.15) is 0 Å². The van der Waals surface area contributed by atoms with Crippen molar-refractivity contribution in [3.05, 3.63) is 0 Å². The molecule has 0 saturated carbocycles. The van der Waals surface area contributed by atoms with E-state index in [1.807, 2.05) is 0 Å². The maximum Gasteiger partial charge on any atom is 0.180 e. The maximum absolute atomic E-state index is 8.46. The van der Waals surface area contributed by atoms with Gasteiger partial charge in [0.2, 0.25) is 0 Å². The molecule has 1 aliphatic rings. The van der Waals surface area contributed by atoms with Gasteiger partial charge in [0, 0.05) is 6.54 Å². The van der Waals surface area contributed by atoms with Gasteiger partial charge in [-0.3, -0.25) is 4.90 Å². The maximum atomic E-state index is 8.46. The molecule has 3 heteroatoms. The number of hydrogen-bond acceptors (Lipinski definition) is 3. The van der Waals surface area contributed by atoms with Crippen molar-refractivity contribution in [1.29, 1.82) is 5.26 Å². The van der Waals surface area contributed by atoms with E-state index in [1.54, 1.807) is 4.90 Å². The molecule has 50 valence electrons. The molecular formula is C6H11N3. The molecule has 1 rings (SSSR count). The normalized spacial score (nSPS) is 27.6. The Hall–Kier alpha value is -0.750. The SMILES string of the molecule is N#CN1CCCCC1N. The van der Waals surface area contributed by atoms with Gasteiger partial charge >= 0.3 is 0 Å². The Morgan fingerprint density at radius 2 is 2.33 bits per heavy atom. The van der Waals surface area contributed by atoms with Gasteiger partial charge in [-0.15, -0.1) is 0 Å². The Bertz CT molecular complexity index is 127. The van der Waals surface area contributed by atoms with Crippen LogP contribution in [0.1, 0.15) is 19.3 Å². The van der Waals surface area contributed by atoms with E-state index in [9.17, 15) is 0 Å². The summed E-state index contributed by atoms with van der Waals surface area (Å²) in [6, 6.07) is 0. The summed E-state index contributed by atoms with van der Waals surface area (Å²) in [5.41, 5.74) is 5.59. The topological polar surface area (TPSA) is 53.0 Å². The highest BCUT2D eigenvalue weighted by molar-refractivity contribution is 4.81. The summed E-state index contributed by atoms with van der Waals surface area (Å²) in [6.45, 7) is 0.845. The number of nitrogens with two attached hydrogens (primary N) is 1. The van der Waals surface area contributed by atoms with Crippen LogP contribution in [0.25, 0.3) is 0 Å². The molecule has 9 heavy (non-hydrogen) atoms. The monoisotopic (exact) mass is 125 g/mol. The van der Waals surface area contributed by atoms with Gasteiger partial charge in [-0.05, 0) is 19.3 Å². The average molecular weight is 125 g/mol. The molecule has 0 amide bonds. The van der Waals surface area contributed by atoms with E-state index in [0.717, 1.165) is 19.4 Å². The zero-order valence-electron chi connectivity index (χ0n) is 5.38. The Balaban J connectivity index is 2.41. The number of hydrogen-bond donors (Lipinski definition) is 1. The van der Waals surface area contributed by atoms with Crippen LogP contribution in [0.4, 0.5) is 0 Å². The molecule has 0 radical (unpaired) electrons. The third-order valence-corrected chi connectivity index (χ3v) is 1.68. The smallest absolute Gasteiger partial charge is 0.180 e. The van der Waals surface area contributed by atoms with Gasteiger partial charge in [-0.2, -0.15) is 5.26 Å². The second kappa shape index (κ2) is 2.70. The van der Waals surface area contributed by atoms with Crippen LogP contribution in [0.5, 0.6) is 0 Å². The summed E-state index contributed by atoms with van der Waals surface area (Å²) >= 11 is 0. The highest BCUT2D eigenvalue weighted by atomic mass is 15.2. The van der Waals surface area contributed by atoms with Crippen LogP contribution < -0.4 is 5.73 Å². The quantitative estimate of drug-likeness (QED) is 0.472. The summed E-state index contributed by atoms with van der Waals surface area (Å²) in [7, 11) is 0. The van der Waals surface area contributed by atoms with E-state index < -0.39 is 0 Å². The van der Waals surface area contributed by atoms with Crippen LogP contribution in [0.2, 0.25) is 0 Å². The van der Waals surface area contributed by atoms with E-state index in [2.05, 4.69) is 6.19 Å². The van der Waals surface area contributed by atoms with Crippen molar-refractivity contribution in [2.45, 2.75) is 25.4 Å². The minimum Gasteiger partial charge on any atom is -0.311 e. The molecule has 0 aromatic carbocycles. The van der Waals surface area contributed by atoms with Crippen molar-refractivity contribution in [1.82, 2.24) is 4.90 Å². The lowest BCUT2D eigenvalue weighted by atomic mass is 10.1. The first kappa shape index (κ1) is 6.37. The second-order valence-electron chi connectivity index (χ2n) is 2.36. The average Bonchev–Trinajstić information content (AvgIpc) is 1.89. The van der Waals surface area contributed by atoms with Crippen molar-refractivity contribution in [2.24, 2.45) is 5.73 Å². The van der Waals surface area contributed by atoms with Gasteiger partial charge in [-0.1, -0.05) is 0 Å². The molecular weight excluding hydrogens is 114 g/mol. The predicted octanol–water partition coefficient (Wildman–Crippen LogP) is 0.238. The van der Waals surface area contributed by atoms with Crippen LogP contribution >= 0.6 is 0 Å². The van der Waals surface area contributed by atoms with Crippen LogP contribution in [-0.4, -0.2) is 17.6 Å². The predicted molar refractivity (Wildman–Crippen MR) is 34.1 cm³/mol. The lowest BCUT2D eigenvalue weighted by Crippen LogP contribution is -2.42. The standard InChI is InChI=1S/C6H11N3/c7-5-9-4-2-1-3-6(9)8/h6H,1-4,8H2. The number of piperidine rings is 1. The third-order valence-electron chi connectivity index (χ3n) is 1.68. The summed E-state index contributed by atoms with van der Waals surface area (Å²) < 4.78 is 0. The van der Waals surface area contributed by atoms with E-state index in [4.69, 9.17) is 11.0 Å². The van der Waals surface area contributed by atoms with Gasteiger partial charge < -0.3 is 5.73 Å². The van der Waals surface area contributed by atoms with Crippen molar-refractivity contribution in [3.8, 4) is 6.19 Å². The molecule has 1 saturated heterocycles. The van der Waals surface area contributed by atoms with Gasteiger partial charge in [-0.25, -0.2) is 0 Å². The zero-order valence-corrected chi connectivity index (χ0v) is 5.38. The molecule has 0 aliphatic carbocycles. The van der Waals surface area contributed by atoms with E-state index in [1.165, 1.54) is 6.42 Å². The van der Waals surface area contributed by atoms with Crippen LogP contribution in [0, 0.1) is 11.5 Å². The van der Waals surface area contributed by atoms with Crippen LogP contribution in [0.3, 0.4) is 0 Å². The lowest BCUT2D eigenvalue weighted by Gasteiger charge is -2.27. The molecule has 1 fully saturated rings. The minimum atomic E-state index is -0.0104. The molecule has 1 unspecified atom stereocenters.